The number of esters is 1. The number of nitrogens with zero attached hydrogens (tertiary/aromatic N) is 1. The molecule has 5 nitrogen and oxygen atoms in total. The van der Waals surface area contributed by atoms with Crippen LogP contribution in [0.3, 0.4) is 0 Å². The molecule has 0 bridgehead atoms. The highest BCUT2D eigenvalue weighted by Crippen LogP contribution is 2.15. The quantitative estimate of drug-likeness (QED) is 0.625. The molecule has 0 saturated heterocycles. The third kappa shape index (κ3) is 3.00. The minimum atomic E-state index is -0.155. The predicted octanol–water partition coefficient (Wildman–Crippen LogP) is 2.03. The molecule has 0 atom stereocenters. The van der Waals surface area contributed by atoms with Crippen LogP contribution in [0, 0.1) is 0 Å². The molecule has 1 heterocycles. The van der Waals surface area contributed by atoms with Gasteiger partial charge in [0, 0.05) is 18.5 Å². The molecule has 0 aliphatic rings. The van der Waals surface area contributed by atoms with Gasteiger partial charge in [-0.1, -0.05) is 0 Å². The number of benzene rings is 1. The number of hydrogen-bond donors (Lipinski definition) is 2. The van der Waals surface area contributed by atoms with Gasteiger partial charge in [-0.3, -0.25) is 4.79 Å². The maximum absolute atomic E-state index is 11.2. The first-order valence-electron chi connectivity index (χ1n) is 6.09. The molecule has 0 saturated carbocycles. The summed E-state index contributed by atoms with van der Waals surface area (Å²) < 4.78 is 4.87. The number of ether oxygens (including phenoxy) is 1. The van der Waals surface area contributed by atoms with Crippen LogP contribution >= 0.6 is 0 Å². The molecule has 2 rings (SSSR count). The number of aromatic nitrogens is 2. The summed E-state index contributed by atoms with van der Waals surface area (Å²) in [5.41, 5.74) is 8.24. The van der Waals surface area contributed by atoms with Crippen LogP contribution < -0.4 is 5.73 Å². The van der Waals surface area contributed by atoms with E-state index in [-0.39, 0.29) is 5.97 Å². The van der Waals surface area contributed by atoms with Crippen molar-refractivity contribution >= 4 is 22.7 Å². The number of aromatic amines is 1. The molecule has 3 N–H and O–H groups in total. The minimum Gasteiger partial charge on any atom is -0.466 e. The summed E-state index contributed by atoms with van der Waals surface area (Å²) in [5.74, 6) is 0.720. The van der Waals surface area contributed by atoms with Crippen molar-refractivity contribution in [3.63, 3.8) is 0 Å². The molecule has 1 aromatic carbocycles. The second-order valence-corrected chi connectivity index (χ2v) is 4.12. The zero-order valence-electron chi connectivity index (χ0n) is 10.4. The number of nitrogens with two attached hydrogens (primary N) is 1. The van der Waals surface area contributed by atoms with Crippen LogP contribution in [0.2, 0.25) is 0 Å². The molecular formula is C13H17N3O2. The zero-order chi connectivity index (χ0) is 13.0. The topological polar surface area (TPSA) is 81.0 Å². The van der Waals surface area contributed by atoms with E-state index in [9.17, 15) is 4.79 Å². The average Bonchev–Trinajstić information content (AvgIpc) is 2.71. The molecule has 0 aliphatic carbocycles. The van der Waals surface area contributed by atoms with Crippen molar-refractivity contribution < 1.29 is 9.53 Å². The number of rotatable bonds is 5. The smallest absolute Gasteiger partial charge is 0.305 e. The fourth-order valence-electron chi connectivity index (χ4n) is 1.83. The number of hydrogen-bond acceptors (Lipinski definition) is 4. The van der Waals surface area contributed by atoms with E-state index in [1.807, 2.05) is 25.1 Å². The van der Waals surface area contributed by atoms with Crippen molar-refractivity contribution in [1.29, 1.82) is 0 Å². The number of imidazole rings is 1. The molecular weight excluding hydrogens is 230 g/mol. The lowest BCUT2D eigenvalue weighted by Crippen LogP contribution is -2.04. The van der Waals surface area contributed by atoms with E-state index in [1.54, 1.807) is 0 Å². The van der Waals surface area contributed by atoms with E-state index < -0.39 is 0 Å². The van der Waals surface area contributed by atoms with Crippen LogP contribution in [0.4, 0.5) is 5.69 Å². The second kappa shape index (κ2) is 5.53. The Kier molecular flexibility index (Phi) is 3.82. The van der Waals surface area contributed by atoms with Gasteiger partial charge in [-0.15, -0.1) is 0 Å². The minimum absolute atomic E-state index is 0.155. The highest BCUT2D eigenvalue weighted by molar-refractivity contribution is 5.78. The molecule has 0 spiro atoms. The van der Waals surface area contributed by atoms with Crippen molar-refractivity contribution in [2.24, 2.45) is 0 Å². The van der Waals surface area contributed by atoms with Gasteiger partial charge in [-0.25, -0.2) is 4.98 Å². The van der Waals surface area contributed by atoms with Gasteiger partial charge in [0.2, 0.25) is 0 Å². The third-order valence-corrected chi connectivity index (χ3v) is 2.65. The summed E-state index contributed by atoms with van der Waals surface area (Å²) in [6.45, 7) is 2.24. The maximum Gasteiger partial charge on any atom is 0.305 e. The normalized spacial score (nSPS) is 10.7. The Morgan fingerprint density at radius 2 is 2.33 bits per heavy atom. The molecule has 5 heteroatoms. The predicted molar refractivity (Wildman–Crippen MR) is 70.1 cm³/mol. The van der Waals surface area contributed by atoms with Gasteiger partial charge in [0.1, 0.15) is 5.82 Å². The van der Waals surface area contributed by atoms with Crippen LogP contribution in [-0.2, 0) is 16.0 Å². The van der Waals surface area contributed by atoms with Gasteiger partial charge >= 0.3 is 5.97 Å². The van der Waals surface area contributed by atoms with Crippen LogP contribution in [0.5, 0.6) is 0 Å². The number of carbonyl (C=O) groups excluding carboxylic acids is 1. The van der Waals surface area contributed by atoms with Crippen molar-refractivity contribution in [1.82, 2.24) is 9.97 Å². The highest BCUT2D eigenvalue weighted by atomic mass is 16.5. The largest absolute Gasteiger partial charge is 0.466 e. The summed E-state index contributed by atoms with van der Waals surface area (Å²) in [7, 11) is 0. The Balaban J connectivity index is 1.94. The van der Waals surface area contributed by atoms with E-state index in [4.69, 9.17) is 10.5 Å². The molecule has 96 valence electrons. The second-order valence-electron chi connectivity index (χ2n) is 4.12. The van der Waals surface area contributed by atoms with Gasteiger partial charge in [-0.2, -0.15) is 0 Å². The molecule has 0 amide bonds. The summed E-state index contributed by atoms with van der Waals surface area (Å²) in [5, 5.41) is 0. The summed E-state index contributed by atoms with van der Waals surface area (Å²) in [4.78, 5) is 18.8. The average molecular weight is 247 g/mol. The van der Waals surface area contributed by atoms with Crippen molar-refractivity contribution in [3.8, 4) is 0 Å². The Hall–Kier alpha value is -2.04. The first kappa shape index (κ1) is 12.4. The number of H-pyrrole nitrogens is 1. The fraction of sp³-hybridized carbons (Fsp3) is 0.385. The van der Waals surface area contributed by atoms with E-state index >= 15 is 0 Å². The number of nitrogens with one attached hydrogen (secondary N) is 1. The lowest BCUT2D eigenvalue weighted by molar-refractivity contribution is -0.143. The SMILES string of the molecule is CCOC(=O)CCCc1nc2ccc(N)cc2[nH]1. The number of fused-ring (bicyclic) bond motifs is 1. The lowest BCUT2D eigenvalue weighted by atomic mass is 10.2. The van der Waals surface area contributed by atoms with Gasteiger partial charge in [-0.05, 0) is 31.5 Å². The summed E-state index contributed by atoms with van der Waals surface area (Å²) in [6, 6.07) is 5.57. The van der Waals surface area contributed by atoms with E-state index in [1.165, 1.54) is 0 Å². The maximum atomic E-state index is 11.2. The van der Waals surface area contributed by atoms with Crippen LogP contribution in [0.1, 0.15) is 25.6 Å². The van der Waals surface area contributed by atoms with E-state index in [2.05, 4.69) is 9.97 Å². The molecule has 18 heavy (non-hydrogen) atoms. The van der Waals surface area contributed by atoms with Gasteiger partial charge < -0.3 is 15.5 Å². The van der Waals surface area contributed by atoms with E-state index in [0.717, 1.165) is 29.7 Å². The first-order chi connectivity index (χ1) is 8.69. The number of aryl methyl sites for hydroxylation is 1. The first-order valence-corrected chi connectivity index (χ1v) is 6.09. The van der Waals surface area contributed by atoms with Crippen LogP contribution in [0.25, 0.3) is 11.0 Å². The molecule has 1 aromatic heterocycles. The Morgan fingerprint density at radius 1 is 1.50 bits per heavy atom. The molecule has 0 aliphatic heterocycles. The van der Waals surface area contributed by atoms with Crippen molar-refractivity contribution in [2.75, 3.05) is 12.3 Å². The van der Waals surface area contributed by atoms with Gasteiger partial charge in [0.25, 0.3) is 0 Å². The zero-order valence-corrected chi connectivity index (χ0v) is 10.4. The van der Waals surface area contributed by atoms with Crippen molar-refractivity contribution in [2.45, 2.75) is 26.2 Å². The number of carbonyl (C=O) groups is 1. The third-order valence-electron chi connectivity index (χ3n) is 2.65. The van der Waals surface area contributed by atoms with Gasteiger partial charge in [0.05, 0.1) is 17.6 Å². The highest BCUT2D eigenvalue weighted by Gasteiger charge is 2.05. The Morgan fingerprint density at radius 3 is 3.11 bits per heavy atom. The monoisotopic (exact) mass is 247 g/mol. The number of anilines is 1. The van der Waals surface area contributed by atoms with Crippen molar-refractivity contribution in [3.05, 3.63) is 24.0 Å². The summed E-state index contributed by atoms with van der Waals surface area (Å²) >= 11 is 0. The molecule has 0 radical (unpaired) electrons. The van der Waals surface area contributed by atoms with Crippen LogP contribution in [0.15, 0.2) is 18.2 Å². The Labute approximate surface area is 105 Å². The molecule has 0 unspecified atom stereocenters. The Bertz CT molecular complexity index is 548. The van der Waals surface area contributed by atoms with Crippen LogP contribution in [-0.4, -0.2) is 22.5 Å². The molecule has 0 fully saturated rings. The lowest BCUT2D eigenvalue weighted by Gasteiger charge is -1.99. The number of nitrogen functional groups attached to an aromatic ring is 1. The molecule has 2 aromatic rings. The van der Waals surface area contributed by atoms with E-state index in [0.29, 0.717) is 18.7 Å². The standard InChI is InChI=1S/C13H17N3O2/c1-2-18-13(17)5-3-4-12-15-10-7-6-9(14)8-11(10)16-12/h6-8H,2-5,14H2,1H3,(H,15,16). The fourth-order valence-corrected chi connectivity index (χ4v) is 1.83. The summed E-state index contributed by atoms with van der Waals surface area (Å²) in [6.07, 6.45) is 1.88. The van der Waals surface area contributed by atoms with Gasteiger partial charge in [0.15, 0.2) is 0 Å².